The van der Waals surface area contributed by atoms with Crippen LogP contribution in [0.3, 0.4) is 0 Å². The summed E-state index contributed by atoms with van der Waals surface area (Å²) in [6.07, 6.45) is 0.402. The Kier molecular flexibility index (Phi) is 9.04. The van der Waals surface area contributed by atoms with Crippen molar-refractivity contribution in [1.29, 1.82) is 0 Å². The van der Waals surface area contributed by atoms with Crippen molar-refractivity contribution < 1.29 is 4.79 Å². The number of benzene rings is 2. The van der Waals surface area contributed by atoms with Crippen LogP contribution in [0.4, 0.5) is 5.13 Å². The van der Waals surface area contributed by atoms with Crippen LogP contribution < -0.4 is 4.90 Å². The van der Waals surface area contributed by atoms with Crippen LogP contribution in [-0.4, -0.2) is 42.0 Å². The van der Waals surface area contributed by atoms with Crippen LogP contribution in [0.25, 0.3) is 10.2 Å². The molecule has 1 aromatic heterocycles. The number of nitrogens with zero attached hydrogens (tertiary/aromatic N) is 3. The highest BCUT2D eigenvalue weighted by Gasteiger charge is 2.22. The molecular weight excluding hydrogens is 426 g/mol. The lowest BCUT2D eigenvalue weighted by Gasteiger charge is -2.25. The lowest BCUT2D eigenvalue weighted by atomic mass is 10.0. The molecule has 0 aliphatic carbocycles. The Morgan fingerprint density at radius 1 is 0.935 bits per heavy atom. The zero-order chi connectivity index (χ0) is 21.8. The number of aromatic nitrogens is 1. The number of carbonyl (C=O) groups excluding carboxylic acids is 1. The van der Waals surface area contributed by atoms with Gasteiger partial charge in [0.2, 0.25) is 5.91 Å². The van der Waals surface area contributed by atoms with E-state index in [1.54, 1.807) is 11.3 Å². The number of amides is 1. The quantitative estimate of drug-likeness (QED) is 0.422. The van der Waals surface area contributed by atoms with E-state index in [0.717, 1.165) is 47.0 Å². The van der Waals surface area contributed by atoms with E-state index >= 15 is 0 Å². The third-order valence-electron chi connectivity index (χ3n) is 5.84. The number of likely N-dealkylation sites (N-methyl/N-ethyl adjacent to an activating group) is 1. The summed E-state index contributed by atoms with van der Waals surface area (Å²) in [6.45, 7) is 16.1. The first-order valence-electron chi connectivity index (χ1n) is 10.8. The van der Waals surface area contributed by atoms with Gasteiger partial charge in [-0.3, -0.25) is 9.69 Å². The molecule has 0 aliphatic heterocycles. The fourth-order valence-corrected chi connectivity index (χ4v) is 4.88. The zero-order valence-electron chi connectivity index (χ0n) is 19.5. The molecule has 1 amide bonds. The first-order valence-corrected chi connectivity index (χ1v) is 11.6. The number of halogens is 1. The van der Waals surface area contributed by atoms with E-state index in [-0.39, 0.29) is 18.3 Å². The van der Waals surface area contributed by atoms with Crippen LogP contribution in [0.2, 0.25) is 0 Å². The molecule has 0 unspecified atom stereocenters. The number of aryl methyl sites for hydroxylation is 4. The molecule has 6 heteroatoms. The summed E-state index contributed by atoms with van der Waals surface area (Å²) < 4.78 is 1.18. The van der Waals surface area contributed by atoms with Crippen LogP contribution in [0.1, 0.15) is 41.7 Å². The Bertz CT molecular complexity index is 1000. The molecule has 0 saturated heterocycles. The average Bonchev–Trinajstić information content (AvgIpc) is 3.17. The van der Waals surface area contributed by atoms with Crippen molar-refractivity contribution in [3.8, 4) is 0 Å². The fourth-order valence-electron chi connectivity index (χ4n) is 3.72. The van der Waals surface area contributed by atoms with Gasteiger partial charge in [0.1, 0.15) is 0 Å². The van der Waals surface area contributed by atoms with E-state index in [4.69, 9.17) is 4.98 Å². The number of anilines is 1. The summed E-state index contributed by atoms with van der Waals surface area (Å²) in [7, 11) is 0. The van der Waals surface area contributed by atoms with Crippen LogP contribution in [0.5, 0.6) is 0 Å². The summed E-state index contributed by atoms with van der Waals surface area (Å²) in [5.41, 5.74) is 6.83. The molecule has 0 bridgehead atoms. The van der Waals surface area contributed by atoms with E-state index in [1.807, 2.05) is 4.90 Å². The number of thiazole rings is 1. The van der Waals surface area contributed by atoms with Crippen LogP contribution in [-0.2, 0) is 11.2 Å². The van der Waals surface area contributed by atoms with Crippen LogP contribution >= 0.6 is 23.7 Å². The van der Waals surface area contributed by atoms with Crippen LogP contribution in [0.15, 0.2) is 30.3 Å². The van der Waals surface area contributed by atoms with Crippen molar-refractivity contribution in [1.82, 2.24) is 9.88 Å². The van der Waals surface area contributed by atoms with Crippen LogP contribution in [0, 0.1) is 27.7 Å². The first kappa shape index (κ1) is 25.3. The van der Waals surface area contributed by atoms with Gasteiger partial charge >= 0.3 is 0 Å². The number of carbonyl (C=O) groups is 1. The number of fused-ring (bicyclic) bond motifs is 1. The summed E-state index contributed by atoms with van der Waals surface area (Å²) >= 11 is 1.63. The monoisotopic (exact) mass is 459 g/mol. The van der Waals surface area contributed by atoms with Crippen molar-refractivity contribution in [2.75, 3.05) is 31.1 Å². The van der Waals surface area contributed by atoms with E-state index in [2.05, 4.69) is 76.8 Å². The third-order valence-corrected chi connectivity index (χ3v) is 7.06. The molecule has 0 atom stereocenters. The number of rotatable bonds is 8. The van der Waals surface area contributed by atoms with Crippen molar-refractivity contribution in [2.24, 2.45) is 0 Å². The van der Waals surface area contributed by atoms with E-state index in [0.29, 0.717) is 13.0 Å². The summed E-state index contributed by atoms with van der Waals surface area (Å²) in [6, 6.07) is 10.6. The smallest absolute Gasteiger partial charge is 0.233 e. The second-order valence-corrected chi connectivity index (χ2v) is 9.03. The maximum Gasteiger partial charge on any atom is 0.233 e. The average molecular weight is 460 g/mol. The topological polar surface area (TPSA) is 36.4 Å². The molecule has 31 heavy (non-hydrogen) atoms. The Hall–Kier alpha value is -1.95. The molecule has 4 nitrogen and oxygen atoms in total. The highest BCUT2D eigenvalue weighted by Crippen LogP contribution is 2.33. The molecule has 0 spiro atoms. The Balaban J connectivity index is 0.00000341. The minimum absolute atomic E-state index is 0. The maximum atomic E-state index is 13.5. The summed E-state index contributed by atoms with van der Waals surface area (Å²) in [5, 5.41) is 0.810. The van der Waals surface area contributed by atoms with Gasteiger partial charge in [0.25, 0.3) is 0 Å². The molecule has 1 heterocycles. The maximum absolute atomic E-state index is 13.5. The second-order valence-electron chi connectivity index (χ2n) is 8.05. The normalized spacial score (nSPS) is 11.1. The minimum atomic E-state index is 0. The molecule has 0 saturated carbocycles. The third kappa shape index (κ3) is 5.85. The van der Waals surface area contributed by atoms with Gasteiger partial charge in [0, 0.05) is 13.1 Å². The first-order chi connectivity index (χ1) is 14.3. The Morgan fingerprint density at radius 3 is 2.23 bits per heavy atom. The Labute approximate surface area is 196 Å². The van der Waals surface area contributed by atoms with Gasteiger partial charge in [-0.15, -0.1) is 12.4 Å². The van der Waals surface area contributed by atoms with E-state index in [9.17, 15) is 4.79 Å². The lowest BCUT2D eigenvalue weighted by molar-refractivity contribution is -0.118. The molecule has 0 fully saturated rings. The van der Waals surface area contributed by atoms with Gasteiger partial charge in [-0.1, -0.05) is 61.1 Å². The summed E-state index contributed by atoms with van der Waals surface area (Å²) in [5.74, 6) is 0.116. The SMILES string of the molecule is CCN(CC)CCN(C(=O)Cc1cc(C)ccc1C)c1nc2c(C)ccc(C)c2s1.Cl. The molecule has 2 aromatic carbocycles. The molecule has 168 valence electrons. The van der Waals surface area contributed by atoms with Gasteiger partial charge in [0.05, 0.1) is 16.6 Å². The minimum Gasteiger partial charge on any atom is -0.302 e. The molecular formula is C25H34ClN3OS. The van der Waals surface area contributed by atoms with Crippen molar-refractivity contribution in [3.05, 3.63) is 58.1 Å². The fraction of sp³-hybridized carbons (Fsp3) is 0.440. The lowest BCUT2D eigenvalue weighted by Crippen LogP contribution is -2.39. The summed E-state index contributed by atoms with van der Waals surface area (Å²) in [4.78, 5) is 22.7. The van der Waals surface area contributed by atoms with Gasteiger partial charge in [-0.05, 0) is 63.0 Å². The molecule has 3 rings (SSSR count). The van der Waals surface area contributed by atoms with E-state index < -0.39 is 0 Å². The largest absolute Gasteiger partial charge is 0.302 e. The highest BCUT2D eigenvalue weighted by molar-refractivity contribution is 7.22. The number of hydrogen-bond acceptors (Lipinski definition) is 4. The number of hydrogen-bond donors (Lipinski definition) is 0. The van der Waals surface area contributed by atoms with Gasteiger partial charge < -0.3 is 4.90 Å². The van der Waals surface area contributed by atoms with E-state index in [1.165, 1.54) is 15.8 Å². The van der Waals surface area contributed by atoms with Gasteiger partial charge in [-0.25, -0.2) is 4.98 Å². The van der Waals surface area contributed by atoms with Crippen molar-refractivity contribution in [3.63, 3.8) is 0 Å². The van der Waals surface area contributed by atoms with Crippen molar-refractivity contribution >= 4 is 45.0 Å². The molecule has 3 aromatic rings. The highest BCUT2D eigenvalue weighted by atomic mass is 35.5. The second kappa shape index (κ2) is 11.1. The standard InChI is InChI=1S/C25H33N3OS.ClH/c1-7-27(8-2)13-14-28(22(29)16-21-15-17(3)9-10-18(21)4)25-26-23-19(5)11-12-20(6)24(23)30-25;/h9-12,15H,7-8,13-14,16H2,1-6H3;1H. The van der Waals surface area contributed by atoms with Crippen molar-refractivity contribution in [2.45, 2.75) is 48.0 Å². The molecule has 0 radical (unpaired) electrons. The zero-order valence-corrected chi connectivity index (χ0v) is 21.1. The van der Waals surface area contributed by atoms with Gasteiger partial charge in [0.15, 0.2) is 5.13 Å². The predicted octanol–water partition coefficient (Wildman–Crippen LogP) is 5.87. The Morgan fingerprint density at radius 2 is 1.58 bits per heavy atom. The predicted molar refractivity (Wildman–Crippen MR) is 136 cm³/mol. The molecule has 0 N–H and O–H groups in total. The van der Waals surface area contributed by atoms with Gasteiger partial charge in [-0.2, -0.15) is 0 Å². The molecule has 0 aliphatic rings.